The summed E-state index contributed by atoms with van der Waals surface area (Å²) in [6.45, 7) is 3.64. The van der Waals surface area contributed by atoms with Crippen molar-refractivity contribution in [2.24, 2.45) is 0 Å². The van der Waals surface area contributed by atoms with E-state index in [1.54, 1.807) is 7.11 Å². The Labute approximate surface area is 157 Å². The minimum Gasteiger partial charge on any atom is -0.497 e. The van der Waals surface area contributed by atoms with Crippen LogP contribution in [-0.2, 0) is 0 Å². The van der Waals surface area contributed by atoms with Crippen LogP contribution in [0.1, 0.15) is 5.56 Å². The normalized spacial score (nSPS) is 11.2. The minimum atomic E-state index is 0.729. The van der Waals surface area contributed by atoms with Crippen molar-refractivity contribution < 1.29 is 4.74 Å². The second kappa shape index (κ2) is 7.20. The average Bonchev–Trinajstić information content (AvgIpc) is 3.14. The Balaban J connectivity index is 1.93. The van der Waals surface area contributed by atoms with E-state index < -0.39 is 0 Å². The summed E-state index contributed by atoms with van der Waals surface area (Å²) < 4.78 is 7.24. The average molecular weight is 362 g/mol. The third-order valence-corrected chi connectivity index (χ3v) is 4.50. The first kappa shape index (κ1) is 17.2. The zero-order valence-electron chi connectivity index (χ0n) is 15.7. The molecule has 0 atom stereocenters. The summed E-state index contributed by atoms with van der Waals surface area (Å²) in [5.41, 5.74) is 3.81. The van der Waals surface area contributed by atoms with Gasteiger partial charge in [-0.1, -0.05) is 11.6 Å². The second-order valence-electron chi connectivity index (χ2n) is 6.40. The maximum atomic E-state index is 5.26. The number of fused-ring (bicyclic) bond motifs is 3. The van der Waals surface area contributed by atoms with E-state index in [4.69, 9.17) is 9.72 Å². The van der Waals surface area contributed by atoms with E-state index in [0.29, 0.717) is 0 Å². The molecule has 0 bridgehead atoms. The van der Waals surface area contributed by atoms with Crippen LogP contribution in [0.2, 0.25) is 0 Å². The van der Waals surface area contributed by atoms with Crippen molar-refractivity contribution in [3.63, 3.8) is 0 Å². The molecule has 0 saturated carbocycles. The molecule has 138 valence electrons. The van der Waals surface area contributed by atoms with Crippen molar-refractivity contribution in [2.45, 2.75) is 6.92 Å². The Morgan fingerprint density at radius 3 is 2.59 bits per heavy atom. The molecule has 4 aromatic rings. The lowest BCUT2D eigenvalue weighted by Crippen LogP contribution is -2.19. The van der Waals surface area contributed by atoms with Crippen molar-refractivity contribution >= 4 is 22.5 Å². The van der Waals surface area contributed by atoms with Gasteiger partial charge in [0.2, 0.25) is 5.95 Å². The van der Waals surface area contributed by atoms with Crippen LogP contribution in [0.25, 0.3) is 27.9 Å². The first-order valence-corrected chi connectivity index (χ1v) is 8.89. The first-order valence-electron chi connectivity index (χ1n) is 8.89. The molecular weight excluding hydrogens is 340 g/mol. The molecule has 0 saturated heterocycles. The Bertz CT molecular complexity index is 1090. The standard InChI is InChI=1S/C20H22N6O/c1-13-4-9-17-16(12-13)19-25-24-18(14-5-7-15(27-3)8-6-14)26(19)20(23-17)22-11-10-21-2/h4-9,12,21H,10-11H2,1-3H3,(H,22,23). The fourth-order valence-electron chi connectivity index (χ4n) is 3.09. The van der Waals surface area contributed by atoms with Gasteiger partial charge in [0, 0.05) is 24.0 Å². The smallest absolute Gasteiger partial charge is 0.211 e. The monoisotopic (exact) mass is 362 g/mol. The molecule has 2 aromatic carbocycles. The molecule has 0 unspecified atom stereocenters. The van der Waals surface area contributed by atoms with E-state index in [9.17, 15) is 0 Å². The molecule has 2 aromatic heterocycles. The van der Waals surface area contributed by atoms with Crippen LogP contribution in [0.15, 0.2) is 42.5 Å². The number of nitrogens with zero attached hydrogens (tertiary/aromatic N) is 4. The van der Waals surface area contributed by atoms with Gasteiger partial charge in [-0.3, -0.25) is 0 Å². The number of aryl methyl sites for hydroxylation is 1. The third kappa shape index (κ3) is 3.17. The lowest BCUT2D eigenvalue weighted by atomic mass is 10.1. The predicted molar refractivity (Wildman–Crippen MR) is 107 cm³/mol. The van der Waals surface area contributed by atoms with Gasteiger partial charge in [0.05, 0.1) is 12.6 Å². The highest BCUT2D eigenvalue weighted by atomic mass is 16.5. The summed E-state index contributed by atoms with van der Waals surface area (Å²) in [5.74, 6) is 2.28. The first-order chi connectivity index (χ1) is 13.2. The fourth-order valence-corrected chi connectivity index (χ4v) is 3.09. The van der Waals surface area contributed by atoms with Crippen molar-refractivity contribution in [1.29, 1.82) is 0 Å². The van der Waals surface area contributed by atoms with Crippen molar-refractivity contribution in [3.05, 3.63) is 48.0 Å². The molecule has 7 nitrogen and oxygen atoms in total. The predicted octanol–water partition coefficient (Wildman–Crippen LogP) is 2.89. The molecule has 27 heavy (non-hydrogen) atoms. The van der Waals surface area contributed by atoms with E-state index >= 15 is 0 Å². The van der Waals surface area contributed by atoms with Crippen LogP contribution in [0, 0.1) is 6.92 Å². The third-order valence-electron chi connectivity index (χ3n) is 4.50. The van der Waals surface area contributed by atoms with Crippen molar-refractivity contribution in [2.75, 3.05) is 32.6 Å². The van der Waals surface area contributed by atoms with Crippen LogP contribution < -0.4 is 15.4 Å². The number of anilines is 1. The Morgan fingerprint density at radius 2 is 1.85 bits per heavy atom. The summed E-state index contributed by atoms with van der Waals surface area (Å²) in [7, 11) is 3.58. The largest absolute Gasteiger partial charge is 0.497 e. The van der Waals surface area contributed by atoms with Gasteiger partial charge >= 0.3 is 0 Å². The number of hydrogen-bond acceptors (Lipinski definition) is 6. The summed E-state index contributed by atoms with van der Waals surface area (Å²) in [5, 5.41) is 16.5. The molecule has 7 heteroatoms. The molecule has 0 amide bonds. The SMILES string of the molecule is CNCCNc1nc2ccc(C)cc2c2nnc(-c3ccc(OC)cc3)n12. The molecule has 2 N–H and O–H groups in total. The van der Waals surface area contributed by atoms with E-state index in [1.807, 2.05) is 41.8 Å². The number of rotatable bonds is 6. The fraction of sp³-hybridized carbons (Fsp3) is 0.250. The van der Waals surface area contributed by atoms with E-state index in [-0.39, 0.29) is 0 Å². The number of ether oxygens (including phenoxy) is 1. The Morgan fingerprint density at radius 1 is 1.04 bits per heavy atom. The molecule has 0 aliphatic rings. The lowest BCUT2D eigenvalue weighted by Gasteiger charge is -2.12. The summed E-state index contributed by atoms with van der Waals surface area (Å²) in [6.07, 6.45) is 0. The number of benzene rings is 2. The summed E-state index contributed by atoms with van der Waals surface area (Å²) in [4.78, 5) is 4.83. The van der Waals surface area contributed by atoms with Crippen LogP contribution in [0.3, 0.4) is 0 Å². The molecule has 2 heterocycles. The van der Waals surface area contributed by atoms with Gasteiger partial charge in [-0.15, -0.1) is 10.2 Å². The Kier molecular flexibility index (Phi) is 4.60. The highest BCUT2D eigenvalue weighted by Gasteiger charge is 2.16. The van der Waals surface area contributed by atoms with E-state index in [2.05, 4.69) is 39.9 Å². The molecule has 0 radical (unpaired) electrons. The lowest BCUT2D eigenvalue weighted by molar-refractivity contribution is 0.415. The zero-order valence-corrected chi connectivity index (χ0v) is 15.7. The topological polar surface area (TPSA) is 76.4 Å². The number of nitrogens with one attached hydrogen (secondary N) is 2. The van der Waals surface area contributed by atoms with Crippen LogP contribution >= 0.6 is 0 Å². The highest BCUT2D eigenvalue weighted by molar-refractivity contribution is 5.93. The number of hydrogen-bond donors (Lipinski definition) is 2. The van der Waals surface area contributed by atoms with Gasteiger partial charge in [0.15, 0.2) is 11.5 Å². The van der Waals surface area contributed by atoms with E-state index in [1.165, 1.54) is 0 Å². The highest BCUT2D eigenvalue weighted by Crippen LogP contribution is 2.28. The van der Waals surface area contributed by atoms with Gasteiger partial charge in [0.1, 0.15) is 5.75 Å². The van der Waals surface area contributed by atoms with Gasteiger partial charge in [-0.2, -0.15) is 0 Å². The van der Waals surface area contributed by atoms with Gasteiger partial charge in [0.25, 0.3) is 0 Å². The molecule has 0 aliphatic carbocycles. The van der Waals surface area contributed by atoms with Crippen molar-refractivity contribution in [1.82, 2.24) is 24.9 Å². The number of likely N-dealkylation sites (N-methyl/N-ethyl adjacent to an activating group) is 1. The van der Waals surface area contributed by atoms with Crippen molar-refractivity contribution in [3.8, 4) is 17.1 Å². The van der Waals surface area contributed by atoms with E-state index in [0.717, 1.165) is 58.3 Å². The summed E-state index contributed by atoms with van der Waals surface area (Å²) in [6, 6.07) is 14.0. The summed E-state index contributed by atoms with van der Waals surface area (Å²) >= 11 is 0. The molecule has 4 rings (SSSR count). The molecule has 0 aliphatic heterocycles. The maximum absolute atomic E-state index is 5.26. The zero-order chi connectivity index (χ0) is 18.8. The number of methoxy groups -OCH3 is 1. The number of aromatic nitrogens is 4. The van der Waals surface area contributed by atoms with Crippen LogP contribution in [0.4, 0.5) is 5.95 Å². The van der Waals surface area contributed by atoms with Crippen LogP contribution in [0.5, 0.6) is 5.75 Å². The van der Waals surface area contributed by atoms with Gasteiger partial charge in [-0.25, -0.2) is 9.38 Å². The van der Waals surface area contributed by atoms with Crippen LogP contribution in [-0.4, -0.2) is 46.8 Å². The molecule has 0 fully saturated rings. The minimum absolute atomic E-state index is 0.729. The second-order valence-corrected chi connectivity index (χ2v) is 6.40. The molecular formula is C20H22N6O. The molecule has 0 spiro atoms. The maximum Gasteiger partial charge on any atom is 0.211 e. The van der Waals surface area contributed by atoms with Gasteiger partial charge < -0.3 is 15.4 Å². The quantitative estimate of drug-likeness (QED) is 0.514. The van der Waals surface area contributed by atoms with Gasteiger partial charge in [-0.05, 0) is 50.4 Å². The Hall–Kier alpha value is -3.19.